The zero-order valence-corrected chi connectivity index (χ0v) is 19.8. The Morgan fingerprint density at radius 1 is 1.38 bits per heavy atom. The van der Waals surface area contributed by atoms with Gasteiger partial charge in [0.05, 0.1) is 12.2 Å². The van der Waals surface area contributed by atoms with E-state index in [0.717, 1.165) is 42.3 Å². The van der Waals surface area contributed by atoms with Crippen molar-refractivity contribution in [3.8, 4) is 0 Å². The van der Waals surface area contributed by atoms with Gasteiger partial charge in [0.2, 0.25) is 0 Å². The fraction of sp³-hybridized carbons (Fsp3) is 0.778. The van der Waals surface area contributed by atoms with E-state index in [1.54, 1.807) is 11.3 Å². The Kier molecular flexibility index (Phi) is 11.5. The fourth-order valence-corrected chi connectivity index (χ4v) is 3.80. The molecule has 0 spiro atoms. The van der Waals surface area contributed by atoms with E-state index >= 15 is 0 Å². The molecule has 1 unspecified atom stereocenters. The molecule has 2 rings (SSSR count). The van der Waals surface area contributed by atoms with Gasteiger partial charge in [-0.1, -0.05) is 6.42 Å². The number of thiazole rings is 1. The zero-order chi connectivity index (χ0) is 18.1. The van der Waals surface area contributed by atoms with Crippen LogP contribution in [0.1, 0.15) is 45.2 Å². The SMILES string of the molecule is CCNC(=NCc1csc(N(C)C)n1)NCCCN1CCCCC1C.I. The molecule has 0 bridgehead atoms. The molecule has 1 atom stereocenters. The quantitative estimate of drug-likeness (QED) is 0.252. The highest BCUT2D eigenvalue weighted by Crippen LogP contribution is 2.18. The van der Waals surface area contributed by atoms with Gasteiger partial charge in [0.15, 0.2) is 11.1 Å². The second-order valence-electron chi connectivity index (χ2n) is 6.87. The molecule has 1 aliphatic rings. The van der Waals surface area contributed by atoms with Gasteiger partial charge in [0, 0.05) is 45.2 Å². The molecule has 26 heavy (non-hydrogen) atoms. The Morgan fingerprint density at radius 3 is 2.85 bits per heavy atom. The summed E-state index contributed by atoms with van der Waals surface area (Å²) in [5.41, 5.74) is 1.02. The second kappa shape index (κ2) is 12.7. The summed E-state index contributed by atoms with van der Waals surface area (Å²) in [7, 11) is 4.03. The first-order valence-electron chi connectivity index (χ1n) is 9.48. The number of hydrogen-bond donors (Lipinski definition) is 2. The smallest absolute Gasteiger partial charge is 0.191 e. The lowest BCUT2D eigenvalue weighted by molar-refractivity contribution is 0.159. The van der Waals surface area contributed by atoms with Crippen LogP contribution < -0.4 is 15.5 Å². The van der Waals surface area contributed by atoms with Gasteiger partial charge in [-0.25, -0.2) is 9.98 Å². The van der Waals surface area contributed by atoms with Gasteiger partial charge in [0.25, 0.3) is 0 Å². The van der Waals surface area contributed by atoms with Crippen LogP contribution in [-0.4, -0.2) is 62.2 Å². The Balaban J connectivity index is 0.00000338. The third-order valence-electron chi connectivity index (χ3n) is 4.52. The summed E-state index contributed by atoms with van der Waals surface area (Å²) in [5.74, 6) is 0.883. The van der Waals surface area contributed by atoms with E-state index in [1.807, 2.05) is 19.0 Å². The number of anilines is 1. The average molecular weight is 494 g/mol. The van der Waals surface area contributed by atoms with Crippen molar-refractivity contribution >= 4 is 46.4 Å². The molecule has 1 aromatic rings. The van der Waals surface area contributed by atoms with Crippen molar-refractivity contribution in [2.45, 2.75) is 52.1 Å². The predicted molar refractivity (Wildman–Crippen MR) is 124 cm³/mol. The average Bonchev–Trinajstić information content (AvgIpc) is 3.07. The highest BCUT2D eigenvalue weighted by Gasteiger charge is 2.17. The van der Waals surface area contributed by atoms with Crippen molar-refractivity contribution in [2.75, 3.05) is 45.2 Å². The molecule has 0 amide bonds. The lowest BCUT2D eigenvalue weighted by Gasteiger charge is -2.33. The number of guanidine groups is 1. The normalized spacial score (nSPS) is 18.3. The molecule has 8 heteroatoms. The Morgan fingerprint density at radius 2 is 2.19 bits per heavy atom. The number of halogens is 1. The van der Waals surface area contributed by atoms with Crippen LogP contribution in [0, 0.1) is 0 Å². The molecule has 0 saturated carbocycles. The molecule has 2 N–H and O–H groups in total. The fourth-order valence-electron chi connectivity index (χ4n) is 3.05. The first-order chi connectivity index (χ1) is 12.1. The van der Waals surface area contributed by atoms with Crippen molar-refractivity contribution in [1.82, 2.24) is 20.5 Å². The molecular formula is C18H35IN6S. The number of likely N-dealkylation sites (tertiary alicyclic amines) is 1. The maximum absolute atomic E-state index is 4.66. The first kappa shape index (κ1) is 23.4. The number of nitrogens with zero attached hydrogens (tertiary/aromatic N) is 4. The van der Waals surface area contributed by atoms with Gasteiger partial charge >= 0.3 is 0 Å². The van der Waals surface area contributed by atoms with Crippen LogP contribution in [0.15, 0.2) is 10.4 Å². The van der Waals surface area contributed by atoms with Crippen molar-refractivity contribution in [2.24, 2.45) is 4.99 Å². The molecular weight excluding hydrogens is 459 g/mol. The minimum atomic E-state index is 0. The van der Waals surface area contributed by atoms with Crippen LogP contribution in [0.2, 0.25) is 0 Å². The molecule has 0 aliphatic carbocycles. The minimum Gasteiger partial charge on any atom is -0.357 e. The molecule has 1 saturated heterocycles. The molecule has 2 heterocycles. The maximum atomic E-state index is 4.66. The van der Waals surface area contributed by atoms with Gasteiger partial charge in [-0.2, -0.15) is 0 Å². The van der Waals surface area contributed by atoms with E-state index in [2.05, 4.69) is 44.7 Å². The van der Waals surface area contributed by atoms with Gasteiger partial charge in [-0.05, 0) is 39.7 Å². The van der Waals surface area contributed by atoms with Crippen LogP contribution in [0.5, 0.6) is 0 Å². The summed E-state index contributed by atoms with van der Waals surface area (Å²) in [6, 6.07) is 0.742. The summed E-state index contributed by atoms with van der Waals surface area (Å²) < 4.78 is 0. The topological polar surface area (TPSA) is 55.8 Å². The van der Waals surface area contributed by atoms with E-state index in [4.69, 9.17) is 0 Å². The van der Waals surface area contributed by atoms with Gasteiger partial charge in [0.1, 0.15) is 0 Å². The third kappa shape index (κ3) is 7.96. The molecule has 150 valence electrons. The number of piperidine rings is 1. The number of hydrogen-bond acceptors (Lipinski definition) is 5. The van der Waals surface area contributed by atoms with Crippen LogP contribution in [0.25, 0.3) is 0 Å². The van der Waals surface area contributed by atoms with Gasteiger partial charge in [-0.15, -0.1) is 35.3 Å². The number of rotatable bonds is 8. The highest BCUT2D eigenvalue weighted by atomic mass is 127. The van der Waals surface area contributed by atoms with E-state index in [-0.39, 0.29) is 24.0 Å². The first-order valence-corrected chi connectivity index (χ1v) is 10.4. The van der Waals surface area contributed by atoms with E-state index in [1.165, 1.54) is 32.4 Å². The molecule has 0 radical (unpaired) electrons. The van der Waals surface area contributed by atoms with Crippen LogP contribution in [0.4, 0.5) is 5.13 Å². The second-order valence-corrected chi connectivity index (χ2v) is 7.71. The van der Waals surface area contributed by atoms with E-state index in [0.29, 0.717) is 6.54 Å². The Hall–Kier alpha value is -0.610. The van der Waals surface area contributed by atoms with Crippen molar-refractivity contribution in [3.05, 3.63) is 11.1 Å². The molecule has 6 nitrogen and oxygen atoms in total. The summed E-state index contributed by atoms with van der Waals surface area (Å²) >= 11 is 1.66. The molecule has 1 aliphatic heterocycles. The van der Waals surface area contributed by atoms with E-state index < -0.39 is 0 Å². The predicted octanol–water partition coefficient (Wildman–Crippen LogP) is 3.15. The highest BCUT2D eigenvalue weighted by molar-refractivity contribution is 14.0. The standard InChI is InChI=1S/C18H34N6S.HI/c1-5-19-17(21-13-16-14-25-18(22-16)23(3)4)20-10-8-12-24-11-7-6-9-15(24)2;/h14-15H,5-13H2,1-4H3,(H2,19,20,21);1H. The van der Waals surface area contributed by atoms with Crippen molar-refractivity contribution in [3.63, 3.8) is 0 Å². The van der Waals surface area contributed by atoms with Crippen LogP contribution in [-0.2, 0) is 6.54 Å². The van der Waals surface area contributed by atoms with Crippen LogP contribution in [0.3, 0.4) is 0 Å². The molecule has 1 aromatic heterocycles. The third-order valence-corrected chi connectivity index (χ3v) is 5.58. The van der Waals surface area contributed by atoms with Crippen molar-refractivity contribution < 1.29 is 0 Å². The summed E-state index contributed by atoms with van der Waals surface area (Å²) in [6.07, 6.45) is 5.24. The minimum absolute atomic E-state index is 0. The van der Waals surface area contributed by atoms with Gasteiger partial charge in [-0.3, -0.25) is 0 Å². The largest absolute Gasteiger partial charge is 0.357 e. The summed E-state index contributed by atoms with van der Waals surface area (Å²) in [6.45, 7) is 9.32. The number of nitrogens with one attached hydrogen (secondary N) is 2. The van der Waals surface area contributed by atoms with Crippen molar-refractivity contribution in [1.29, 1.82) is 0 Å². The molecule has 0 aromatic carbocycles. The molecule has 1 fully saturated rings. The monoisotopic (exact) mass is 494 g/mol. The number of aromatic nitrogens is 1. The van der Waals surface area contributed by atoms with E-state index in [9.17, 15) is 0 Å². The number of aliphatic imine (C=N–C) groups is 1. The summed E-state index contributed by atoms with van der Waals surface area (Å²) in [4.78, 5) is 13.9. The Bertz CT molecular complexity index is 534. The maximum Gasteiger partial charge on any atom is 0.191 e. The summed E-state index contributed by atoms with van der Waals surface area (Å²) in [5, 5.41) is 9.88. The lowest BCUT2D eigenvalue weighted by atomic mass is 10.0. The zero-order valence-electron chi connectivity index (χ0n) is 16.6. The lowest BCUT2D eigenvalue weighted by Crippen LogP contribution is -2.41. The Labute approximate surface area is 179 Å². The van der Waals surface area contributed by atoms with Crippen LogP contribution >= 0.6 is 35.3 Å². The van der Waals surface area contributed by atoms with Gasteiger partial charge < -0.3 is 20.4 Å².